The van der Waals surface area contributed by atoms with Crippen LogP contribution in [0, 0.1) is 9.39 Å². The first-order valence-corrected chi connectivity index (χ1v) is 9.14. The maximum Gasteiger partial charge on any atom is 0.265 e. The molecule has 0 aliphatic carbocycles. The van der Waals surface area contributed by atoms with E-state index in [4.69, 9.17) is 0 Å². The van der Waals surface area contributed by atoms with Gasteiger partial charge >= 0.3 is 0 Å². The van der Waals surface area contributed by atoms with Crippen molar-refractivity contribution in [2.24, 2.45) is 0 Å². The lowest BCUT2D eigenvalue weighted by Crippen LogP contribution is -2.45. The number of aromatic nitrogens is 1. The molecule has 1 aromatic carbocycles. The van der Waals surface area contributed by atoms with E-state index in [1.807, 2.05) is 11.1 Å². The molecular weight excluding hydrogens is 420 g/mol. The standard InChI is InChI=1S/C18H19FIN3O/c19-17-11-15(20)5-4-13(17)10-14-12-21-7-6-16(14)18(24)22-23-8-2-1-3-9-23/h4-7,11-12H,1-3,8-10H2,(H,22,24). The van der Waals surface area contributed by atoms with Crippen molar-refractivity contribution in [1.29, 1.82) is 0 Å². The predicted octanol–water partition coefficient (Wildman–Crippen LogP) is 3.55. The first-order valence-electron chi connectivity index (χ1n) is 8.06. The fourth-order valence-electron chi connectivity index (χ4n) is 2.87. The van der Waals surface area contributed by atoms with Crippen LogP contribution in [-0.2, 0) is 6.42 Å². The van der Waals surface area contributed by atoms with Gasteiger partial charge in [-0.25, -0.2) is 9.40 Å². The van der Waals surface area contributed by atoms with Crippen LogP contribution < -0.4 is 5.43 Å². The third kappa shape index (κ3) is 4.30. The summed E-state index contributed by atoms with van der Waals surface area (Å²) in [5.41, 5.74) is 4.80. The van der Waals surface area contributed by atoms with Crippen LogP contribution in [0.25, 0.3) is 0 Å². The maximum atomic E-state index is 14.1. The monoisotopic (exact) mass is 439 g/mol. The number of amides is 1. The number of halogens is 2. The summed E-state index contributed by atoms with van der Waals surface area (Å²) in [5.74, 6) is -0.409. The second-order valence-electron chi connectivity index (χ2n) is 5.93. The molecule has 4 nitrogen and oxygen atoms in total. The third-order valence-electron chi connectivity index (χ3n) is 4.16. The minimum absolute atomic E-state index is 0.153. The van der Waals surface area contributed by atoms with Crippen LogP contribution in [-0.4, -0.2) is 29.0 Å². The molecule has 24 heavy (non-hydrogen) atoms. The molecule has 0 spiro atoms. The van der Waals surface area contributed by atoms with Crippen LogP contribution in [0.5, 0.6) is 0 Å². The number of pyridine rings is 1. The van der Waals surface area contributed by atoms with Gasteiger partial charge in [-0.3, -0.25) is 15.2 Å². The molecule has 6 heteroatoms. The van der Waals surface area contributed by atoms with Gasteiger partial charge in [-0.05, 0) is 64.8 Å². The fraction of sp³-hybridized carbons (Fsp3) is 0.333. The number of carbonyl (C=O) groups excluding carboxylic acids is 1. The summed E-state index contributed by atoms with van der Waals surface area (Å²) in [5, 5.41) is 1.96. The van der Waals surface area contributed by atoms with E-state index in [2.05, 4.69) is 33.0 Å². The number of benzene rings is 1. The van der Waals surface area contributed by atoms with Crippen LogP contribution in [0.1, 0.15) is 40.7 Å². The van der Waals surface area contributed by atoms with E-state index >= 15 is 0 Å². The topological polar surface area (TPSA) is 45.2 Å². The van der Waals surface area contributed by atoms with Crippen LogP contribution in [0.3, 0.4) is 0 Å². The number of hydrazine groups is 1. The van der Waals surface area contributed by atoms with Crippen molar-refractivity contribution >= 4 is 28.5 Å². The molecule has 0 saturated carbocycles. The van der Waals surface area contributed by atoms with E-state index in [0.29, 0.717) is 17.5 Å². The molecule has 1 aliphatic rings. The summed E-state index contributed by atoms with van der Waals surface area (Å²) in [6.07, 6.45) is 6.98. The van der Waals surface area contributed by atoms with Crippen molar-refractivity contribution in [3.63, 3.8) is 0 Å². The minimum atomic E-state index is -0.256. The molecule has 2 heterocycles. The highest BCUT2D eigenvalue weighted by Crippen LogP contribution is 2.18. The Morgan fingerprint density at radius 1 is 1.21 bits per heavy atom. The number of hydrogen-bond donors (Lipinski definition) is 1. The van der Waals surface area contributed by atoms with Gasteiger partial charge in [0.2, 0.25) is 0 Å². The lowest BCUT2D eigenvalue weighted by molar-refractivity contribution is 0.0749. The van der Waals surface area contributed by atoms with E-state index in [9.17, 15) is 9.18 Å². The first kappa shape index (κ1) is 17.3. The quantitative estimate of drug-likeness (QED) is 0.742. The van der Waals surface area contributed by atoms with Crippen LogP contribution in [0.4, 0.5) is 4.39 Å². The van der Waals surface area contributed by atoms with E-state index < -0.39 is 0 Å². The fourth-order valence-corrected chi connectivity index (χ4v) is 3.32. The zero-order valence-electron chi connectivity index (χ0n) is 13.3. The SMILES string of the molecule is O=C(NN1CCCCC1)c1ccncc1Cc1ccc(I)cc1F. The summed E-state index contributed by atoms with van der Waals surface area (Å²) >= 11 is 2.08. The largest absolute Gasteiger partial charge is 0.285 e. The maximum absolute atomic E-state index is 14.1. The summed E-state index contributed by atoms with van der Waals surface area (Å²) in [6.45, 7) is 1.75. The van der Waals surface area contributed by atoms with Crippen molar-refractivity contribution in [1.82, 2.24) is 15.4 Å². The van der Waals surface area contributed by atoms with Crippen LogP contribution in [0.2, 0.25) is 0 Å². The summed E-state index contributed by atoms with van der Waals surface area (Å²) in [6, 6.07) is 6.82. The Balaban J connectivity index is 1.78. The Kier molecular flexibility index (Phi) is 5.78. The molecule has 1 N–H and O–H groups in total. The summed E-state index contributed by atoms with van der Waals surface area (Å²) in [7, 11) is 0. The van der Waals surface area contributed by atoms with Gasteiger partial charge in [-0.2, -0.15) is 0 Å². The molecule has 0 unspecified atom stereocenters. The summed E-state index contributed by atoms with van der Waals surface area (Å²) < 4.78 is 15.0. The number of piperidine rings is 1. The van der Waals surface area contributed by atoms with Gasteiger partial charge in [-0.15, -0.1) is 0 Å². The molecule has 1 amide bonds. The van der Waals surface area contributed by atoms with Gasteiger partial charge in [0.05, 0.1) is 0 Å². The Hall–Kier alpha value is -1.54. The van der Waals surface area contributed by atoms with Crippen LogP contribution >= 0.6 is 22.6 Å². The van der Waals surface area contributed by atoms with Crippen molar-refractivity contribution in [3.8, 4) is 0 Å². The number of hydrogen-bond acceptors (Lipinski definition) is 3. The van der Waals surface area contributed by atoms with Gasteiger partial charge in [-0.1, -0.05) is 12.5 Å². The molecule has 126 valence electrons. The molecule has 1 aliphatic heterocycles. The highest BCUT2D eigenvalue weighted by Gasteiger charge is 2.17. The average molecular weight is 439 g/mol. The number of nitrogens with one attached hydrogen (secondary N) is 1. The smallest absolute Gasteiger partial charge is 0.265 e. The van der Waals surface area contributed by atoms with Crippen molar-refractivity contribution < 1.29 is 9.18 Å². The molecule has 0 bridgehead atoms. The lowest BCUT2D eigenvalue weighted by atomic mass is 10.0. The predicted molar refractivity (Wildman–Crippen MR) is 99.1 cm³/mol. The second kappa shape index (κ2) is 8.02. The van der Waals surface area contributed by atoms with E-state index in [1.165, 1.54) is 12.5 Å². The Labute approximate surface area is 154 Å². The van der Waals surface area contributed by atoms with Gasteiger partial charge in [0.25, 0.3) is 5.91 Å². The average Bonchev–Trinajstić information content (AvgIpc) is 2.59. The molecule has 2 aromatic rings. The molecule has 1 saturated heterocycles. The molecule has 3 rings (SSSR count). The highest BCUT2D eigenvalue weighted by molar-refractivity contribution is 14.1. The Morgan fingerprint density at radius 2 is 2.00 bits per heavy atom. The van der Waals surface area contributed by atoms with E-state index in [0.717, 1.165) is 35.1 Å². The number of carbonyl (C=O) groups is 1. The Bertz CT molecular complexity index is 732. The number of nitrogens with zero attached hydrogens (tertiary/aromatic N) is 2. The lowest BCUT2D eigenvalue weighted by Gasteiger charge is -2.27. The van der Waals surface area contributed by atoms with Gasteiger partial charge in [0.15, 0.2) is 0 Å². The highest BCUT2D eigenvalue weighted by atomic mass is 127. The van der Waals surface area contributed by atoms with Crippen molar-refractivity contribution in [2.75, 3.05) is 13.1 Å². The molecular formula is C18H19FIN3O. The van der Waals surface area contributed by atoms with Crippen LogP contribution in [0.15, 0.2) is 36.7 Å². The first-order chi connectivity index (χ1) is 11.6. The zero-order chi connectivity index (χ0) is 16.9. The van der Waals surface area contributed by atoms with E-state index in [-0.39, 0.29) is 11.7 Å². The summed E-state index contributed by atoms with van der Waals surface area (Å²) in [4.78, 5) is 16.7. The second-order valence-corrected chi connectivity index (χ2v) is 7.18. The van der Waals surface area contributed by atoms with Crippen molar-refractivity contribution in [2.45, 2.75) is 25.7 Å². The minimum Gasteiger partial charge on any atom is -0.285 e. The Morgan fingerprint density at radius 3 is 2.75 bits per heavy atom. The third-order valence-corrected chi connectivity index (χ3v) is 4.83. The van der Waals surface area contributed by atoms with Gasteiger partial charge < -0.3 is 0 Å². The van der Waals surface area contributed by atoms with Gasteiger partial charge in [0.1, 0.15) is 5.82 Å². The molecule has 1 aromatic heterocycles. The molecule has 0 atom stereocenters. The molecule has 0 radical (unpaired) electrons. The molecule has 1 fully saturated rings. The van der Waals surface area contributed by atoms with Gasteiger partial charge in [0, 0.05) is 41.0 Å². The van der Waals surface area contributed by atoms with E-state index in [1.54, 1.807) is 24.5 Å². The normalized spacial score (nSPS) is 15.2. The zero-order valence-corrected chi connectivity index (χ0v) is 15.4. The number of rotatable bonds is 4. The van der Waals surface area contributed by atoms with Crippen molar-refractivity contribution in [3.05, 3.63) is 62.7 Å².